The summed E-state index contributed by atoms with van der Waals surface area (Å²) in [7, 11) is 1.73. The van der Waals surface area contributed by atoms with E-state index in [9.17, 15) is 8.42 Å². The van der Waals surface area contributed by atoms with Gasteiger partial charge in [-0.15, -0.1) is 0 Å². The van der Waals surface area contributed by atoms with E-state index in [1.165, 1.54) is 0 Å². The Morgan fingerprint density at radius 1 is 1.50 bits per heavy atom. The van der Waals surface area contributed by atoms with E-state index in [1.54, 1.807) is 0 Å². The molecule has 0 spiro atoms. The molecule has 60 valence electrons. The van der Waals surface area contributed by atoms with Crippen LogP contribution in [0.15, 0.2) is 0 Å². The van der Waals surface area contributed by atoms with Crippen molar-refractivity contribution in [3.63, 3.8) is 0 Å². The molecule has 0 saturated carbocycles. The summed E-state index contributed by atoms with van der Waals surface area (Å²) in [5, 5.41) is -0.483. The maximum atomic E-state index is 10.7. The van der Waals surface area contributed by atoms with Gasteiger partial charge in [0.1, 0.15) is 0 Å². The van der Waals surface area contributed by atoms with Gasteiger partial charge in [-0.05, 0) is 12.8 Å². The lowest BCUT2D eigenvalue weighted by Crippen LogP contribution is -2.27. The Balaban J connectivity index is 2.56. The van der Waals surface area contributed by atoms with Crippen LogP contribution in [0, 0.1) is 0 Å². The molecule has 0 radical (unpaired) electrons. The van der Waals surface area contributed by atoms with Crippen molar-refractivity contribution in [1.82, 2.24) is 0 Å². The van der Waals surface area contributed by atoms with Crippen LogP contribution in [-0.4, -0.2) is 26.9 Å². The van der Waals surface area contributed by atoms with Crippen LogP contribution >= 0.6 is 10.7 Å². The molecular weight excluding hydrogens is 176 g/mol. The van der Waals surface area contributed by atoms with Crippen molar-refractivity contribution in [2.75, 3.05) is 13.2 Å². The predicted octanol–water partition coefficient (Wildman–Crippen LogP) is 0.734. The fraction of sp³-hybridized carbons (Fsp3) is 1.00. The first-order valence-electron chi connectivity index (χ1n) is 3.12. The van der Waals surface area contributed by atoms with E-state index in [2.05, 4.69) is 0 Å². The first kappa shape index (κ1) is 8.30. The number of rotatable bonds is 1. The Kier molecular flexibility index (Phi) is 2.55. The summed E-state index contributed by atoms with van der Waals surface area (Å²) in [6.07, 6.45) is 1.42. The molecule has 5 heteroatoms. The molecule has 0 aromatic rings. The molecular formula is C5H9ClO3S. The zero-order chi connectivity index (χ0) is 7.61. The maximum Gasteiger partial charge on any atom is 0.237 e. The summed E-state index contributed by atoms with van der Waals surface area (Å²) >= 11 is 0. The van der Waals surface area contributed by atoms with Crippen LogP contribution in [-0.2, 0) is 13.8 Å². The Hall–Kier alpha value is 0.200. The second-order valence-corrected chi connectivity index (χ2v) is 5.22. The van der Waals surface area contributed by atoms with Crippen molar-refractivity contribution >= 4 is 19.7 Å². The summed E-state index contributed by atoms with van der Waals surface area (Å²) in [6, 6.07) is 0. The molecule has 0 amide bonds. The average Bonchev–Trinajstić information content (AvgIpc) is 1.88. The first-order chi connectivity index (χ1) is 4.61. The Labute approximate surface area is 64.7 Å². The highest BCUT2D eigenvalue weighted by Gasteiger charge is 2.25. The van der Waals surface area contributed by atoms with Gasteiger partial charge in [0.2, 0.25) is 9.05 Å². The number of halogens is 1. The van der Waals surface area contributed by atoms with E-state index in [0.29, 0.717) is 13.0 Å². The molecule has 1 heterocycles. The van der Waals surface area contributed by atoms with Crippen LogP contribution in [0.5, 0.6) is 0 Å². The Bertz CT molecular complexity index is 193. The van der Waals surface area contributed by atoms with Crippen molar-refractivity contribution in [1.29, 1.82) is 0 Å². The van der Waals surface area contributed by atoms with Crippen molar-refractivity contribution in [2.24, 2.45) is 0 Å². The zero-order valence-corrected chi connectivity index (χ0v) is 6.99. The number of ether oxygens (including phenoxy) is 1. The molecule has 0 bridgehead atoms. The van der Waals surface area contributed by atoms with E-state index in [4.69, 9.17) is 15.4 Å². The Morgan fingerprint density at radius 3 is 2.50 bits per heavy atom. The van der Waals surface area contributed by atoms with Gasteiger partial charge < -0.3 is 4.74 Å². The molecule has 0 aromatic heterocycles. The topological polar surface area (TPSA) is 43.4 Å². The number of hydrogen-bond acceptors (Lipinski definition) is 3. The van der Waals surface area contributed by atoms with E-state index in [1.807, 2.05) is 0 Å². The summed E-state index contributed by atoms with van der Waals surface area (Å²) in [6.45, 7) is 0.911. The maximum absolute atomic E-state index is 10.7. The first-order valence-corrected chi connectivity index (χ1v) is 5.49. The van der Waals surface area contributed by atoms with Gasteiger partial charge in [0.05, 0.1) is 11.9 Å². The van der Waals surface area contributed by atoms with Gasteiger partial charge in [0.25, 0.3) is 0 Å². The summed E-state index contributed by atoms with van der Waals surface area (Å²) in [5.74, 6) is 0. The highest BCUT2D eigenvalue weighted by atomic mass is 35.7. The third-order valence-corrected chi connectivity index (χ3v) is 3.44. The summed E-state index contributed by atoms with van der Waals surface area (Å²) in [5.41, 5.74) is 0. The third kappa shape index (κ3) is 2.11. The second-order valence-electron chi connectivity index (χ2n) is 2.31. The van der Waals surface area contributed by atoms with Gasteiger partial charge in [-0.25, -0.2) is 8.42 Å². The van der Waals surface area contributed by atoms with E-state index in [0.717, 1.165) is 6.42 Å². The molecule has 10 heavy (non-hydrogen) atoms. The average molecular weight is 185 g/mol. The highest BCUT2D eigenvalue weighted by Crippen LogP contribution is 2.17. The van der Waals surface area contributed by atoms with Crippen LogP contribution in [0.25, 0.3) is 0 Å². The van der Waals surface area contributed by atoms with Gasteiger partial charge in [-0.2, -0.15) is 0 Å². The quantitative estimate of drug-likeness (QED) is 0.565. The number of hydrogen-bond donors (Lipinski definition) is 0. The van der Waals surface area contributed by atoms with Gasteiger partial charge >= 0.3 is 0 Å². The van der Waals surface area contributed by atoms with Crippen molar-refractivity contribution in [3.05, 3.63) is 0 Å². The summed E-state index contributed by atoms with van der Waals surface area (Å²) in [4.78, 5) is 0. The molecule has 1 saturated heterocycles. The van der Waals surface area contributed by atoms with Crippen LogP contribution in [0.1, 0.15) is 12.8 Å². The molecule has 0 aromatic carbocycles. The molecule has 1 aliphatic heterocycles. The molecule has 1 fully saturated rings. The van der Waals surface area contributed by atoms with Crippen LogP contribution in [0.4, 0.5) is 0 Å². The second kappa shape index (κ2) is 3.07. The minimum atomic E-state index is -3.38. The highest BCUT2D eigenvalue weighted by molar-refractivity contribution is 8.14. The monoisotopic (exact) mass is 184 g/mol. The SMILES string of the molecule is O=S(=O)(Cl)C1CCCOC1. The lowest BCUT2D eigenvalue weighted by Gasteiger charge is -2.18. The lowest BCUT2D eigenvalue weighted by molar-refractivity contribution is 0.0996. The molecule has 1 rings (SSSR count). The largest absolute Gasteiger partial charge is 0.380 e. The fourth-order valence-corrected chi connectivity index (χ4v) is 2.06. The van der Waals surface area contributed by atoms with Crippen LogP contribution in [0.2, 0.25) is 0 Å². The molecule has 1 atom stereocenters. The fourth-order valence-electron chi connectivity index (χ4n) is 0.933. The van der Waals surface area contributed by atoms with Gasteiger partial charge in [-0.3, -0.25) is 0 Å². The van der Waals surface area contributed by atoms with E-state index < -0.39 is 14.3 Å². The smallest absolute Gasteiger partial charge is 0.237 e. The van der Waals surface area contributed by atoms with Crippen molar-refractivity contribution in [2.45, 2.75) is 18.1 Å². The van der Waals surface area contributed by atoms with Gasteiger partial charge in [0.15, 0.2) is 0 Å². The van der Waals surface area contributed by atoms with Gasteiger partial charge in [-0.1, -0.05) is 0 Å². The van der Waals surface area contributed by atoms with Crippen LogP contribution < -0.4 is 0 Å². The molecule has 1 unspecified atom stereocenters. The Morgan fingerprint density at radius 2 is 2.20 bits per heavy atom. The normalized spacial score (nSPS) is 28.3. The van der Waals surface area contributed by atoms with Crippen LogP contribution in [0.3, 0.4) is 0 Å². The van der Waals surface area contributed by atoms with E-state index >= 15 is 0 Å². The standard InChI is InChI=1S/C5H9ClO3S/c6-10(7,8)5-2-1-3-9-4-5/h5H,1-4H2. The summed E-state index contributed by atoms with van der Waals surface area (Å²) < 4.78 is 26.3. The molecule has 0 aliphatic carbocycles. The van der Waals surface area contributed by atoms with Crippen molar-refractivity contribution < 1.29 is 13.2 Å². The molecule has 0 N–H and O–H groups in total. The zero-order valence-electron chi connectivity index (χ0n) is 5.42. The van der Waals surface area contributed by atoms with Gasteiger partial charge in [0, 0.05) is 17.3 Å². The van der Waals surface area contributed by atoms with Crippen molar-refractivity contribution in [3.8, 4) is 0 Å². The minimum absolute atomic E-state index is 0.256. The molecule has 1 aliphatic rings. The van der Waals surface area contributed by atoms with E-state index in [-0.39, 0.29) is 6.61 Å². The minimum Gasteiger partial charge on any atom is -0.380 e. The molecule has 3 nitrogen and oxygen atoms in total. The third-order valence-electron chi connectivity index (χ3n) is 1.52. The predicted molar refractivity (Wildman–Crippen MR) is 38.6 cm³/mol. The lowest BCUT2D eigenvalue weighted by atomic mass is 10.2.